The van der Waals surface area contributed by atoms with Crippen LogP contribution in [-0.2, 0) is 19.1 Å². The van der Waals surface area contributed by atoms with E-state index in [1.165, 1.54) is 18.2 Å². The third-order valence-electron chi connectivity index (χ3n) is 3.52. The van der Waals surface area contributed by atoms with Gasteiger partial charge in [0.15, 0.2) is 0 Å². The van der Waals surface area contributed by atoms with Gasteiger partial charge in [0.2, 0.25) is 5.91 Å². The second-order valence-electron chi connectivity index (χ2n) is 4.98. The average molecular weight is 306 g/mol. The van der Waals surface area contributed by atoms with Crippen molar-refractivity contribution in [1.82, 2.24) is 4.98 Å². The Morgan fingerprint density at radius 3 is 2.82 bits per heavy atom. The number of aryl methyl sites for hydroxylation is 1. The minimum atomic E-state index is -0.497. The van der Waals surface area contributed by atoms with Crippen molar-refractivity contribution < 1.29 is 23.9 Å². The number of pyridine rings is 1. The Morgan fingerprint density at radius 2 is 2.18 bits per heavy atom. The van der Waals surface area contributed by atoms with E-state index in [-0.39, 0.29) is 31.0 Å². The van der Waals surface area contributed by atoms with E-state index in [4.69, 9.17) is 4.74 Å². The van der Waals surface area contributed by atoms with Crippen LogP contribution in [0, 0.1) is 12.8 Å². The van der Waals surface area contributed by atoms with Crippen molar-refractivity contribution in [1.29, 1.82) is 0 Å². The molecule has 2 heterocycles. The molecule has 0 bridgehead atoms. The number of hydrogen-bond acceptors (Lipinski definition) is 6. The number of anilines is 1. The molecule has 1 aromatic heterocycles. The van der Waals surface area contributed by atoms with Crippen LogP contribution in [0.25, 0.3) is 0 Å². The van der Waals surface area contributed by atoms with Crippen LogP contribution in [0.2, 0.25) is 0 Å². The quantitative estimate of drug-likeness (QED) is 0.774. The molecule has 7 nitrogen and oxygen atoms in total. The molecule has 0 aromatic carbocycles. The van der Waals surface area contributed by atoms with E-state index in [1.807, 2.05) is 0 Å². The molecule has 22 heavy (non-hydrogen) atoms. The summed E-state index contributed by atoms with van der Waals surface area (Å²) in [5, 5.41) is 0. The van der Waals surface area contributed by atoms with Crippen LogP contribution >= 0.6 is 0 Å². The summed E-state index contributed by atoms with van der Waals surface area (Å²) >= 11 is 0. The number of ether oxygens (including phenoxy) is 2. The first-order chi connectivity index (χ1) is 10.5. The Labute approximate surface area is 128 Å². The summed E-state index contributed by atoms with van der Waals surface area (Å²) < 4.78 is 9.62. The topological polar surface area (TPSA) is 85.8 Å². The third kappa shape index (κ3) is 3.08. The maximum absolute atomic E-state index is 12.1. The Morgan fingerprint density at radius 1 is 1.45 bits per heavy atom. The number of hydrogen-bond donors (Lipinski definition) is 0. The zero-order valence-electron chi connectivity index (χ0n) is 12.8. The second-order valence-corrected chi connectivity index (χ2v) is 4.98. The molecule has 1 unspecified atom stereocenters. The van der Waals surface area contributed by atoms with Crippen LogP contribution in [0.3, 0.4) is 0 Å². The molecule has 2 rings (SSSR count). The molecule has 0 aliphatic carbocycles. The molecule has 1 amide bonds. The fraction of sp³-hybridized carbons (Fsp3) is 0.467. The molecule has 1 atom stereocenters. The van der Waals surface area contributed by atoms with Gasteiger partial charge in [-0.3, -0.25) is 14.6 Å². The van der Waals surface area contributed by atoms with Crippen molar-refractivity contribution in [3.8, 4) is 0 Å². The van der Waals surface area contributed by atoms with E-state index in [1.54, 1.807) is 19.9 Å². The summed E-state index contributed by atoms with van der Waals surface area (Å²) in [4.78, 5) is 41.1. The number of amides is 1. The predicted octanol–water partition coefficient (Wildman–Crippen LogP) is 1.09. The summed E-state index contributed by atoms with van der Waals surface area (Å²) in [7, 11) is 1.30. The zero-order valence-corrected chi connectivity index (χ0v) is 12.8. The molecular weight excluding hydrogens is 288 g/mol. The lowest BCUT2D eigenvalue weighted by Gasteiger charge is -2.19. The smallest absolute Gasteiger partial charge is 0.339 e. The van der Waals surface area contributed by atoms with Crippen LogP contribution < -0.4 is 4.90 Å². The highest BCUT2D eigenvalue weighted by Gasteiger charge is 2.36. The minimum Gasteiger partial charge on any atom is -0.469 e. The lowest BCUT2D eigenvalue weighted by molar-refractivity contribution is -0.145. The zero-order chi connectivity index (χ0) is 16.3. The first-order valence-electron chi connectivity index (χ1n) is 6.99. The number of aromatic nitrogens is 1. The third-order valence-corrected chi connectivity index (χ3v) is 3.52. The van der Waals surface area contributed by atoms with Crippen molar-refractivity contribution in [3.63, 3.8) is 0 Å². The molecule has 0 N–H and O–H groups in total. The first kappa shape index (κ1) is 15.9. The highest BCUT2D eigenvalue weighted by atomic mass is 16.5. The van der Waals surface area contributed by atoms with Crippen molar-refractivity contribution in [3.05, 3.63) is 23.5 Å². The summed E-state index contributed by atoms with van der Waals surface area (Å²) in [5.41, 5.74) is 1.39. The Kier molecular flexibility index (Phi) is 4.75. The monoisotopic (exact) mass is 306 g/mol. The fourth-order valence-corrected chi connectivity index (χ4v) is 2.39. The summed E-state index contributed by atoms with van der Waals surface area (Å²) in [6, 6.07) is 1.57. The maximum Gasteiger partial charge on any atom is 0.339 e. The standard InChI is InChI=1S/C15H18N2O5/c1-4-22-15(20)10-5-12(9(2)16-7-10)17-8-11(6-13(17)18)14(19)21-3/h5,7,11H,4,6,8H2,1-3H3. The fourth-order valence-electron chi connectivity index (χ4n) is 2.39. The maximum atomic E-state index is 12.1. The molecule has 1 aliphatic heterocycles. The average Bonchev–Trinajstić information content (AvgIpc) is 2.89. The van der Waals surface area contributed by atoms with Gasteiger partial charge in [-0.05, 0) is 19.9 Å². The van der Waals surface area contributed by atoms with Gasteiger partial charge in [0, 0.05) is 19.2 Å². The number of nitrogens with zero attached hydrogens (tertiary/aromatic N) is 2. The van der Waals surface area contributed by atoms with Gasteiger partial charge in [-0.1, -0.05) is 0 Å². The van der Waals surface area contributed by atoms with E-state index >= 15 is 0 Å². The second kappa shape index (κ2) is 6.55. The van der Waals surface area contributed by atoms with Gasteiger partial charge in [0.1, 0.15) is 0 Å². The van der Waals surface area contributed by atoms with Crippen molar-refractivity contribution >= 4 is 23.5 Å². The van der Waals surface area contributed by atoms with Crippen molar-refractivity contribution in [2.45, 2.75) is 20.3 Å². The molecule has 1 aromatic rings. The van der Waals surface area contributed by atoms with Gasteiger partial charge < -0.3 is 14.4 Å². The van der Waals surface area contributed by atoms with E-state index < -0.39 is 17.9 Å². The molecule has 7 heteroatoms. The number of esters is 2. The molecule has 118 valence electrons. The highest BCUT2D eigenvalue weighted by Crippen LogP contribution is 2.28. The van der Waals surface area contributed by atoms with E-state index in [9.17, 15) is 14.4 Å². The number of carbonyl (C=O) groups is 3. The predicted molar refractivity (Wildman–Crippen MR) is 77.4 cm³/mol. The molecule has 0 spiro atoms. The van der Waals surface area contributed by atoms with Crippen LogP contribution in [0.4, 0.5) is 5.69 Å². The lowest BCUT2D eigenvalue weighted by atomic mass is 10.1. The van der Waals surface area contributed by atoms with E-state index in [2.05, 4.69) is 9.72 Å². The van der Waals surface area contributed by atoms with E-state index in [0.29, 0.717) is 11.4 Å². The number of rotatable bonds is 4. The molecular formula is C15H18N2O5. The lowest BCUT2D eigenvalue weighted by Crippen LogP contribution is -2.27. The van der Waals surface area contributed by atoms with E-state index in [0.717, 1.165) is 0 Å². The van der Waals surface area contributed by atoms with Crippen LogP contribution in [0.5, 0.6) is 0 Å². The van der Waals surface area contributed by atoms with Gasteiger partial charge in [0.25, 0.3) is 0 Å². The Bertz CT molecular complexity index is 614. The number of carbonyl (C=O) groups excluding carboxylic acids is 3. The van der Waals surface area contributed by atoms with Gasteiger partial charge in [-0.2, -0.15) is 0 Å². The highest BCUT2D eigenvalue weighted by molar-refractivity contribution is 6.01. The molecule has 0 radical (unpaired) electrons. The summed E-state index contributed by atoms with van der Waals surface area (Å²) in [6.45, 7) is 3.93. The van der Waals surface area contributed by atoms with Gasteiger partial charge >= 0.3 is 11.9 Å². The van der Waals surface area contributed by atoms with Crippen LogP contribution in [0.1, 0.15) is 29.4 Å². The molecule has 0 saturated carbocycles. The van der Waals surface area contributed by atoms with Gasteiger partial charge in [-0.25, -0.2) is 4.79 Å². The van der Waals surface area contributed by atoms with Crippen LogP contribution in [-0.4, -0.2) is 43.1 Å². The SMILES string of the molecule is CCOC(=O)c1cnc(C)c(N2CC(C(=O)OC)CC2=O)c1. The van der Waals surface area contributed by atoms with Gasteiger partial charge in [-0.15, -0.1) is 0 Å². The van der Waals surface area contributed by atoms with Crippen molar-refractivity contribution in [2.24, 2.45) is 5.92 Å². The Balaban J connectivity index is 2.28. The summed E-state index contributed by atoms with van der Waals surface area (Å²) in [5.74, 6) is -1.60. The largest absolute Gasteiger partial charge is 0.469 e. The first-order valence-corrected chi connectivity index (χ1v) is 6.99. The number of methoxy groups -OCH3 is 1. The van der Waals surface area contributed by atoms with Gasteiger partial charge in [0.05, 0.1) is 36.6 Å². The molecule has 1 saturated heterocycles. The molecule has 1 fully saturated rings. The molecule has 1 aliphatic rings. The van der Waals surface area contributed by atoms with Crippen molar-refractivity contribution in [2.75, 3.05) is 25.2 Å². The normalized spacial score (nSPS) is 17.5. The van der Waals surface area contributed by atoms with Crippen LogP contribution in [0.15, 0.2) is 12.3 Å². The minimum absolute atomic E-state index is 0.0930. The Hall–Kier alpha value is -2.44. The summed E-state index contributed by atoms with van der Waals surface area (Å²) in [6.07, 6.45) is 1.50.